The Balaban J connectivity index is 2.09. The number of β-amino-alcohol motifs (C(OH)–C–C–N with tert-alkyl or cyclic N) is 1. The van der Waals surface area contributed by atoms with Crippen molar-refractivity contribution in [2.75, 3.05) is 6.54 Å². The fourth-order valence-corrected chi connectivity index (χ4v) is 3.05. The summed E-state index contributed by atoms with van der Waals surface area (Å²) in [5.74, 6) is -0.869. The molecule has 17 heavy (non-hydrogen) atoms. The summed E-state index contributed by atoms with van der Waals surface area (Å²) >= 11 is 1.59. The Morgan fingerprint density at radius 2 is 2.29 bits per heavy atom. The maximum atomic E-state index is 11.1. The lowest BCUT2D eigenvalue weighted by atomic mass is 10.2. The molecule has 1 saturated heterocycles. The maximum Gasteiger partial charge on any atom is 0.321 e. The summed E-state index contributed by atoms with van der Waals surface area (Å²) in [6.45, 7) is 4.87. The molecule has 0 spiro atoms. The molecule has 1 fully saturated rings. The van der Waals surface area contributed by atoms with E-state index in [1.807, 2.05) is 13.8 Å². The monoisotopic (exact) mass is 256 g/mol. The van der Waals surface area contributed by atoms with E-state index in [2.05, 4.69) is 4.98 Å². The van der Waals surface area contributed by atoms with Gasteiger partial charge in [0.15, 0.2) is 0 Å². The molecule has 94 valence electrons. The van der Waals surface area contributed by atoms with E-state index in [9.17, 15) is 9.90 Å². The van der Waals surface area contributed by atoms with E-state index in [1.54, 1.807) is 16.2 Å². The van der Waals surface area contributed by atoms with Crippen LogP contribution in [0, 0.1) is 13.8 Å². The average molecular weight is 256 g/mol. The van der Waals surface area contributed by atoms with E-state index in [0.29, 0.717) is 19.5 Å². The molecule has 2 heterocycles. The van der Waals surface area contributed by atoms with Gasteiger partial charge in [0, 0.05) is 17.8 Å². The smallest absolute Gasteiger partial charge is 0.321 e. The Hall–Kier alpha value is -0.980. The molecule has 0 radical (unpaired) electrons. The highest BCUT2D eigenvalue weighted by molar-refractivity contribution is 7.11. The number of aliphatic hydroxyl groups excluding tert-OH is 1. The van der Waals surface area contributed by atoms with Crippen LogP contribution in [-0.2, 0) is 11.3 Å². The van der Waals surface area contributed by atoms with Gasteiger partial charge in [0.2, 0.25) is 0 Å². The molecular formula is C11H16N2O3S. The van der Waals surface area contributed by atoms with Crippen molar-refractivity contribution >= 4 is 17.3 Å². The number of likely N-dealkylation sites (tertiary alicyclic amines) is 1. The number of hydrogen-bond acceptors (Lipinski definition) is 5. The van der Waals surface area contributed by atoms with E-state index in [-0.39, 0.29) is 0 Å². The van der Waals surface area contributed by atoms with Gasteiger partial charge in [-0.3, -0.25) is 9.69 Å². The van der Waals surface area contributed by atoms with Crippen LogP contribution in [0.2, 0.25) is 0 Å². The van der Waals surface area contributed by atoms with E-state index in [0.717, 1.165) is 15.6 Å². The zero-order valence-electron chi connectivity index (χ0n) is 9.88. The van der Waals surface area contributed by atoms with Crippen molar-refractivity contribution in [2.24, 2.45) is 0 Å². The highest BCUT2D eigenvalue weighted by Gasteiger charge is 2.36. The average Bonchev–Trinajstić information content (AvgIpc) is 2.72. The van der Waals surface area contributed by atoms with Crippen molar-refractivity contribution in [3.8, 4) is 0 Å². The fourth-order valence-electron chi connectivity index (χ4n) is 2.09. The summed E-state index contributed by atoms with van der Waals surface area (Å²) in [6.07, 6.45) is -0.239. The molecule has 2 unspecified atom stereocenters. The molecule has 2 atom stereocenters. The molecule has 1 aliphatic heterocycles. The number of aliphatic hydroxyl groups is 1. The Labute approximate surface area is 104 Å². The van der Waals surface area contributed by atoms with Gasteiger partial charge < -0.3 is 10.2 Å². The second-order valence-electron chi connectivity index (χ2n) is 4.42. The predicted molar refractivity (Wildman–Crippen MR) is 64.0 cm³/mol. The first-order chi connectivity index (χ1) is 7.97. The maximum absolute atomic E-state index is 11.1. The van der Waals surface area contributed by atoms with E-state index in [4.69, 9.17) is 5.11 Å². The molecule has 0 aromatic carbocycles. The summed E-state index contributed by atoms with van der Waals surface area (Å²) in [5.41, 5.74) is 0.997. The first-order valence-corrected chi connectivity index (χ1v) is 6.37. The minimum atomic E-state index is -0.869. The van der Waals surface area contributed by atoms with E-state index >= 15 is 0 Å². The molecule has 1 aromatic heterocycles. The molecule has 6 heteroatoms. The third-order valence-electron chi connectivity index (χ3n) is 3.08. The van der Waals surface area contributed by atoms with Gasteiger partial charge in [-0.2, -0.15) is 0 Å². The van der Waals surface area contributed by atoms with Crippen molar-refractivity contribution in [3.63, 3.8) is 0 Å². The van der Waals surface area contributed by atoms with Gasteiger partial charge in [-0.1, -0.05) is 0 Å². The molecule has 0 amide bonds. The highest BCUT2D eigenvalue weighted by atomic mass is 32.1. The normalized spacial score (nSPS) is 25.4. The number of nitrogens with zero attached hydrogens (tertiary/aromatic N) is 2. The molecule has 2 N–H and O–H groups in total. The molecule has 5 nitrogen and oxygen atoms in total. The van der Waals surface area contributed by atoms with Crippen LogP contribution in [0.4, 0.5) is 0 Å². The highest BCUT2D eigenvalue weighted by Crippen LogP contribution is 2.24. The van der Waals surface area contributed by atoms with Gasteiger partial charge in [-0.25, -0.2) is 4.98 Å². The lowest BCUT2D eigenvalue weighted by Crippen LogP contribution is -2.35. The Bertz CT molecular complexity index is 413. The summed E-state index contributed by atoms with van der Waals surface area (Å²) in [4.78, 5) is 18.4. The van der Waals surface area contributed by atoms with Crippen molar-refractivity contribution in [1.29, 1.82) is 0 Å². The number of carboxylic acid groups (broad SMARTS) is 1. The molecule has 0 aliphatic carbocycles. The van der Waals surface area contributed by atoms with Crippen LogP contribution in [0.5, 0.6) is 0 Å². The summed E-state index contributed by atoms with van der Waals surface area (Å²) < 4.78 is 0. The summed E-state index contributed by atoms with van der Waals surface area (Å²) in [5, 5.41) is 19.5. The first kappa shape index (κ1) is 12.5. The number of thiazole rings is 1. The molecule has 1 aromatic rings. The third kappa shape index (κ3) is 2.65. The second-order valence-corrected chi connectivity index (χ2v) is 5.71. The Morgan fingerprint density at radius 3 is 2.82 bits per heavy atom. The summed E-state index contributed by atoms with van der Waals surface area (Å²) in [6, 6.07) is -0.588. The fraction of sp³-hybridized carbons (Fsp3) is 0.636. The van der Waals surface area contributed by atoms with Crippen LogP contribution in [0.15, 0.2) is 0 Å². The van der Waals surface area contributed by atoms with Crippen LogP contribution >= 0.6 is 11.3 Å². The van der Waals surface area contributed by atoms with Crippen molar-refractivity contribution < 1.29 is 15.0 Å². The molecule has 2 rings (SSSR count). The lowest BCUT2D eigenvalue weighted by molar-refractivity contribution is -0.142. The van der Waals surface area contributed by atoms with Gasteiger partial charge in [-0.15, -0.1) is 11.3 Å². The predicted octanol–water partition coefficient (Wildman–Crippen LogP) is 0.780. The van der Waals surface area contributed by atoms with Crippen LogP contribution in [0.25, 0.3) is 0 Å². The van der Waals surface area contributed by atoms with Gasteiger partial charge >= 0.3 is 5.97 Å². The molecule has 0 saturated carbocycles. The zero-order chi connectivity index (χ0) is 12.6. The third-order valence-corrected chi connectivity index (χ3v) is 4.14. The number of hydrogen-bond donors (Lipinski definition) is 2. The zero-order valence-corrected chi connectivity index (χ0v) is 10.7. The van der Waals surface area contributed by atoms with Crippen molar-refractivity contribution in [3.05, 3.63) is 15.6 Å². The number of carbonyl (C=O) groups is 1. The number of aliphatic carboxylic acids is 1. The minimum absolute atomic E-state index is 0.304. The Kier molecular flexibility index (Phi) is 3.46. The number of rotatable bonds is 3. The largest absolute Gasteiger partial charge is 0.480 e. The van der Waals surface area contributed by atoms with Gasteiger partial charge in [0.25, 0.3) is 0 Å². The lowest BCUT2D eigenvalue weighted by Gasteiger charge is -2.18. The van der Waals surface area contributed by atoms with Gasteiger partial charge in [-0.05, 0) is 13.8 Å². The molecule has 0 bridgehead atoms. The molecular weight excluding hydrogens is 240 g/mol. The quantitative estimate of drug-likeness (QED) is 0.836. The van der Waals surface area contributed by atoms with Crippen molar-refractivity contribution in [1.82, 2.24) is 9.88 Å². The summed E-state index contributed by atoms with van der Waals surface area (Å²) in [7, 11) is 0. The van der Waals surface area contributed by atoms with Crippen LogP contribution in [-0.4, -0.2) is 44.8 Å². The van der Waals surface area contributed by atoms with E-state index in [1.165, 1.54) is 0 Å². The van der Waals surface area contributed by atoms with Crippen LogP contribution in [0.1, 0.15) is 22.0 Å². The standard InChI is InChI=1S/C11H16N2O3S/c1-6-7(2)17-10(12-6)5-13-4-8(14)3-9(13)11(15)16/h8-9,14H,3-5H2,1-2H3,(H,15,16). The van der Waals surface area contributed by atoms with Crippen LogP contribution < -0.4 is 0 Å². The SMILES string of the molecule is Cc1nc(CN2CC(O)CC2C(=O)O)sc1C. The minimum Gasteiger partial charge on any atom is -0.480 e. The van der Waals surface area contributed by atoms with Crippen molar-refractivity contribution in [2.45, 2.75) is 39.0 Å². The second kappa shape index (κ2) is 4.72. The van der Waals surface area contributed by atoms with Gasteiger partial charge in [0.05, 0.1) is 18.3 Å². The number of aromatic nitrogens is 1. The van der Waals surface area contributed by atoms with Crippen LogP contribution in [0.3, 0.4) is 0 Å². The van der Waals surface area contributed by atoms with E-state index < -0.39 is 18.1 Å². The topological polar surface area (TPSA) is 73.7 Å². The number of carboxylic acids is 1. The number of aryl methyl sites for hydroxylation is 2. The van der Waals surface area contributed by atoms with Gasteiger partial charge in [0.1, 0.15) is 11.0 Å². The first-order valence-electron chi connectivity index (χ1n) is 5.55. The molecule has 1 aliphatic rings. The Morgan fingerprint density at radius 1 is 1.59 bits per heavy atom.